The molecule has 0 aliphatic heterocycles. The van der Waals surface area contributed by atoms with E-state index in [-0.39, 0.29) is 18.2 Å². The van der Waals surface area contributed by atoms with E-state index in [0.717, 1.165) is 4.88 Å². The fourth-order valence-electron chi connectivity index (χ4n) is 2.62. The van der Waals surface area contributed by atoms with E-state index in [0.29, 0.717) is 22.8 Å². The predicted octanol–water partition coefficient (Wildman–Crippen LogP) is 4.39. The van der Waals surface area contributed by atoms with Crippen LogP contribution in [0.25, 0.3) is 22.2 Å². The normalized spacial score (nSPS) is 10.5. The number of anilines is 1. The maximum atomic E-state index is 12.3. The predicted molar refractivity (Wildman–Crippen MR) is 110 cm³/mol. The van der Waals surface area contributed by atoms with Gasteiger partial charge >= 0.3 is 0 Å². The Kier molecular flexibility index (Phi) is 5.48. The minimum Gasteiger partial charge on any atom is -0.484 e. The van der Waals surface area contributed by atoms with Crippen LogP contribution < -0.4 is 10.1 Å². The summed E-state index contributed by atoms with van der Waals surface area (Å²) < 4.78 is 10.8. The maximum absolute atomic E-state index is 12.3. The molecule has 0 unspecified atom stereocenters. The first-order valence-electron chi connectivity index (χ1n) is 8.74. The second-order valence-electron chi connectivity index (χ2n) is 6.03. The highest BCUT2D eigenvalue weighted by Gasteiger charge is 2.16. The largest absolute Gasteiger partial charge is 0.484 e. The number of aromatic nitrogens is 2. The van der Waals surface area contributed by atoms with Gasteiger partial charge in [0, 0.05) is 12.1 Å². The van der Waals surface area contributed by atoms with Gasteiger partial charge in [0.2, 0.25) is 5.82 Å². The number of hydrogen-bond acceptors (Lipinski definition) is 8. The molecule has 2 heterocycles. The van der Waals surface area contributed by atoms with E-state index >= 15 is 0 Å². The van der Waals surface area contributed by atoms with Gasteiger partial charge in [0.15, 0.2) is 6.61 Å². The lowest BCUT2D eigenvalue weighted by Gasteiger charge is -2.09. The number of carbonyl (C=O) groups is 1. The molecule has 0 spiro atoms. The van der Waals surface area contributed by atoms with Crippen LogP contribution in [0.1, 0.15) is 0 Å². The van der Waals surface area contributed by atoms with Crippen molar-refractivity contribution in [2.24, 2.45) is 0 Å². The van der Waals surface area contributed by atoms with Gasteiger partial charge in [0.05, 0.1) is 21.1 Å². The number of carbonyl (C=O) groups excluding carboxylic acids is 1. The molecule has 10 heteroatoms. The fourth-order valence-corrected chi connectivity index (χ4v) is 3.27. The number of amides is 1. The first-order chi connectivity index (χ1) is 14.6. The molecule has 0 atom stereocenters. The van der Waals surface area contributed by atoms with Gasteiger partial charge in [-0.1, -0.05) is 23.4 Å². The van der Waals surface area contributed by atoms with Crippen LogP contribution >= 0.6 is 11.3 Å². The summed E-state index contributed by atoms with van der Waals surface area (Å²) in [5, 5.41) is 19.3. The summed E-state index contributed by atoms with van der Waals surface area (Å²) >= 11 is 1.50. The monoisotopic (exact) mass is 422 g/mol. The zero-order chi connectivity index (χ0) is 20.9. The molecule has 1 amide bonds. The molecule has 0 fully saturated rings. The molecule has 1 N–H and O–H groups in total. The van der Waals surface area contributed by atoms with Crippen LogP contribution in [-0.2, 0) is 4.79 Å². The van der Waals surface area contributed by atoms with Gasteiger partial charge in [-0.3, -0.25) is 14.9 Å². The number of para-hydroxylation sites is 1. The van der Waals surface area contributed by atoms with Crippen molar-refractivity contribution in [1.82, 2.24) is 10.1 Å². The smallest absolute Gasteiger partial charge is 0.269 e. The number of nitro benzene ring substituents is 1. The molecule has 2 aromatic heterocycles. The van der Waals surface area contributed by atoms with Crippen LogP contribution in [0.3, 0.4) is 0 Å². The van der Waals surface area contributed by atoms with Crippen molar-refractivity contribution in [3.63, 3.8) is 0 Å². The van der Waals surface area contributed by atoms with E-state index in [2.05, 4.69) is 15.5 Å². The third-order valence-corrected chi connectivity index (χ3v) is 4.88. The Bertz CT molecular complexity index is 1170. The molecule has 4 rings (SSSR count). The van der Waals surface area contributed by atoms with E-state index in [1.54, 1.807) is 24.3 Å². The lowest BCUT2D eigenvalue weighted by atomic mass is 10.1. The zero-order valence-corrected chi connectivity index (χ0v) is 16.2. The summed E-state index contributed by atoms with van der Waals surface area (Å²) in [5.74, 6) is 0.702. The highest BCUT2D eigenvalue weighted by molar-refractivity contribution is 7.13. The molecular weight excluding hydrogens is 408 g/mol. The van der Waals surface area contributed by atoms with E-state index in [1.807, 2.05) is 17.5 Å². The highest BCUT2D eigenvalue weighted by atomic mass is 32.1. The molecule has 2 aromatic carbocycles. The Morgan fingerprint density at radius 3 is 2.67 bits per heavy atom. The topological polar surface area (TPSA) is 120 Å². The molecule has 4 aromatic rings. The number of benzene rings is 2. The molecule has 150 valence electrons. The van der Waals surface area contributed by atoms with Crippen LogP contribution in [0.5, 0.6) is 5.75 Å². The van der Waals surface area contributed by atoms with Gasteiger partial charge in [-0.15, -0.1) is 11.3 Å². The second kappa shape index (κ2) is 8.53. The standard InChI is InChI=1S/C20H14N4O5S/c25-18(12-28-14-9-7-13(8-10-14)24(26)27)21-16-5-2-1-4-15(16)20-22-19(23-29-20)17-6-3-11-30-17/h1-11H,12H2,(H,21,25). The van der Waals surface area contributed by atoms with Gasteiger partial charge in [-0.25, -0.2) is 0 Å². The molecule has 0 bridgehead atoms. The van der Waals surface area contributed by atoms with Crippen molar-refractivity contribution in [1.29, 1.82) is 0 Å². The molecule has 0 radical (unpaired) electrons. The Balaban J connectivity index is 1.44. The quantitative estimate of drug-likeness (QED) is 0.346. The Morgan fingerprint density at radius 2 is 1.93 bits per heavy atom. The number of hydrogen-bond donors (Lipinski definition) is 1. The molecule has 0 aliphatic rings. The van der Waals surface area contributed by atoms with Gasteiger partial charge in [-0.2, -0.15) is 4.98 Å². The van der Waals surface area contributed by atoms with E-state index in [4.69, 9.17) is 9.26 Å². The summed E-state index contributed by atoms with van der Waals surface area (Å²) in [4.78, 5) is 27.8. The number of non-ortho nitro benzene ring substituents is 1. The number of ether oxygens (including phenoxy) is 1. The third kappa shape index (κ3) is 4.33. The van der Waals surface area contributed by atoms with Crippen molar-refractivity contribution >= 4 is 28.6 Å². The van der Waals surface area contributed by atoms with Gasteiger partial charge < -0.3 is 14.6 Å². The van der Waals surface area contributed by atoms with Crippen molar-refractivity contribution in [3.8, 4) is 27.9 Å². The Labute approximate surface area is 174 Å². The lowest BCUT2D eigenvalue weighted by Crippen LogP contribution is -2.20. The maximum Gasteiger partial charge on any atom is 0.269 e. The molecule has 0 saturated heterocycles. The van der Waals surface area contributed by atoms with Gasteiger partial charge in [0.1, 0.15) is 5.75 Å². The number of rotatable bonds is 7. The molecule has 0 aliphatic carbocycles. The molecule has 30 heavy (non-hydrogen) atoms. The number of thiophene rings is 1. The summed E-state index contributed by atoms with van der Waals surface area (Å²) in [6, 6.07) is 16.3. The summed E-state index contributed by atoms with van der Waals surface area (Å²) in [5.41, 5.74) is 1.02. The number of nitrogens with one attached hydrogen (secondary N) is 1. The Morgan fingerprint density at radius 1 is 1.13 bits per heavy atom. The molecule has 9 nitrogen and oxygen atoms in total. The third-order valence-electron chi connectivity index (χ3n) is 4.02. The zero-order valence-electron chi connectivity index (χ0n) is 15.3. The van der Waals surface area contributed by atoms with Crippen molar-refractivity contribution in [3.05, 3.63) is 76.2 Å². The van der Waals surface area contributed by atoms with Gasteiger partial charge in [-0.05, 0) is 35.7 Å². The van der Waals surface area contributed by atoms with Crippen LogP contribution in [0.15, 0.2) is 70.6 Å². The van der Waals surface area contributed by atoms with Crippen LogP contribution in [0, 0.1) is 10.1 Å². The van der Waals surface area contributed by atoms with E-state index in [1.165, 1.54) is 35.6 Å². The highest BCUT2D eigenvalue weighted by Crippen LogP contribution is 2.29. The summed E-state index contributed by atoms with van der Waals surface area (Å²) in [6.07, 6.45) is 0. The lowest BCUT2D eigenvalue weighted by molar-refractivity contribution is -0.384. The summed E-state index contributed by atoms with van der Waals surface area (Å²) in [6.45, 7) is -0.267. The minimum absolute atomic E-state index is 0.0535. The van der Waals surface area contributed by atoms with Crippen molar-refractivity contribution < 1.29 is 19.0 Å². The summed E-state index contributed by atoms with van der Waals surface area (Å²) in [7, 11) is 0. The van der Waals surface area contributed by atoms with Gasteiger partial charge in [0.25, 0.3) is 17.5 Å². The molecular formula is C20H14N4O5S. The van der Waals surface area contributed by atoms with Crippen LogP contribution in [0.2, 0.25) is 0 Å². The first-order valence-corrected chi connectivity index (χ1v) is 9.62. The first kappa shape index (κ1) is 19.3. The van der Waals surface area contributed by atoms with Crippen LogP contribution in [0.4, 0.5) is 11.4 Å². The van der Waals surface area contributed by atoms with Crippen LogP contribution in [-0.4, -0.2) is 27.6 Å². The van der Waals surface area contributed by atoms with Crippen molar-refractivity contribution in [2.75, 3.05) is 11.9 Å². The number of nitro groups is 1. The van der Waals surface area contributed by atoms with E-state index in [9.17, 15) is 14.9 Å². The SMILES string of the molecule is O=C(COc1ccc([N+](=O)[O-])cc1)Nc1ccccc1-c1nc(-c2cccs2)no1. The fraction of sp³-hybridized carbons (Fsp3) is 0.0500. The van der Waals surface area contributed by atoms with E-state index < -0.39 is 10.8 Å². The Hall–Kier alpha value is -4.05. The second-order valence-corrected chi connectivity index (χ2v) is 6.98. The number of nitrogens with zero attached hydrogens (tertiary/aromatic N) is 3. The average molecular weight is 422 g/mol. The average Bonchev–Trinajstić information content (AvgIpc) is 3.45. The van der Waals surface area contributed by atoms with Crippen molar-refractivity contribution in [2.45, 2.75) is 0 Å². The minimum atomic E-state index is -0.505. The molecule has 0 saturated carbocycles.